The smallest absolute Gasteiger partial charge is 0.377 e. The molecule has 0 aliphatic carbocycles. The Labute approximate surface area is 74.3 Å². The van der Waals surface area contributed by atoms with E-state index < -0.39 is 0 Å². The van der Waals surface area contributed by atoms with Crippen LogP contribution < -0.4 is 18.9 Å². The van der Waals surface area contributed by atoms with Gasteiger partial charge in [-0.15, -0.1) is 0 Å². The molecule has 0 unspecified atom stereocenters. The number of ether oxygens (including phenoxy) is 2. The Morgan fingerprint density at radius 3 is 1.40 bits per heavy atom. The second-order valence-corrected chi connectivity index (χ2v) is 1.22. The fourth-order valence-electron chi connectivity index (χ4n) is 0.440. The van der Waals surface area contributed by atoms with Crippen LogP contribution in [0.25, 0.3) is 0 Å². The van der Waals surface area contributed by atoms with Gasteiger partial charge in [-0.3, -0.25) is 5.26 Å². The van der Waals surface area contributed by atoms with Gasteiger partial charge in [-0.2, -0.15) is 5.97 Å². The number of rotatable bonds is 0. The van der Waals surface area contributed by atoms with Gasteiger partial charge in [0.1, 0.15) is 0 Å². The quantitative estimate of drug-likeness (QED) is 0.317. The third-order valence-corrected chi connectivity index (χ3v) is 0.744. The summed E-state index contributed by atoms with van der Waals surface area (Å²) in [5.74, 6) is 2.00. The monoisotopic (exact) mass is 135 g/mol. The van der Waals surface area contributed by atoms with Gasteiger partial charge in [0.15, 0.2) is 0 Å². The van der Waals surface area contributed by atoms with Gasteiger partial charge in [0.05, 0.1) is 34.3 Å². The molecule has 5 heteroatoms. The van der Waals surface area contributed by atoms with Gasteiger partial charge in [0, 0.05) is 0 Å². The van der Waals surface area contributed by atoms with Crippen molar-refractivity contribution in [1.29, 1.82) is 5.26 Å². The molecular weight excluding hydrogens is 124 g/mol. The molecule has 1 heterocycles. The maximum absolute atomic E-state index is 7.43. The zero-order valence-corrected chi connectivity index (χ0v) is 5.59. The Bertz CT molecular complexity index is 80.6. The standard InChI is InChI=1S/C4H8O2.CH3BN.Li/c1-2-6-4-3-5-1;2-1-3;/h1-4H2;2H3;/q;-1;+1. The van der Waals surface area contributed by atoms with Crippen molar-refractivity contribution in [3.63, 3.8) is 0 Å². The Balaban J connectivity index is 0. The molecule has 0 bridgehead atoms. The molecule has 10 heavy (non-hydrogen) atoms. The Morgan fingerprint density at radius 2 is 1.30 bits per heavy atom. The molecule has 1 rings (SSSR count). The first-order chi connectivity index (χ1) is 4.41. The molecule has 0 atom stereocenters. The fraction of sp³-hybridized carbons (Fsp3) is 0.800. The van der Waals surface area contributed by atoms with Gasteiger partial charge in [-0.25, -0.2) is 0 Å². The molecule has 0 spiro atoms. The van der Waals surface area contributed by atoms with E-state index in [-0.39, 0.29) is 26.7 Å². The van der Waals surface area contributed by atoms with E-state index in [0.29, 0.717) is 0 Å². The van der Waals surface area contributed by atoms with E-state index in [2.05, 4.69) is 0 Å². The predicted octanol–water partition coefficient (Wildman–Crippen LogP) is -4.13. The molecule has 0 N–H and O–H groups in total. The molecule has 0 saturated carbocycles. The van der Waals surface area contributed by atoms with Crippen molar-refractivity contribution in [2.75, 3.05) is 26.4 Å². The molecule has 0 amide bonds. The molecule has 1 aliphatic rings. The number of nitriles is 1. The summed E-state index contributed by atoms with van der Waals surface area (Å²) in [4.78, 5) is 0. The van der Waals surface area contributed by atoms with Gasteiger partial charge in [0.25, 0.3) is 0 Å². The summed E-state index contributed by atoms with van der Waals surface area (Å²) in [5, 5.41) is 7.43. The van der Waals surface area contributed by atoms with E-state index in [4.69, 9.17) is 14.7 Å². The van der Waals surface area contributed by atoms with Gasteiger partial charge >= 0.3 is 18.9 Å². The largest absolute Gasteiger partial charge is 1.00 e. The van der Waals surface area contributed by atoms with Crippen LogP contribution >= 0.6 is 0 Å². The minimum atomic E-state index is 0. The van der Waals surface area contributed by atoms with Crippen molar-refractivity contribution in [2.45, 2.75) is 0 Å². The molecule has 3 nitrogen and oxygen atoms in total. The van der Waals surface area contributed by atoms with E-state index in [1.807, 2.05) is 5.97 Å². The van der Waals surface area contributed by atoms with Crippen LogP contribution in [0.3, 0.4) is 0 Å². The molecule has 1 saturated heterocycles. The Hall–Kier alpha value is 0.0723. The summed E-state index contributed by atoms with van der Waals surface area (Å²) in [6.07, 6.45) is 0. The summed E-state index contributed by atoms with van der Waals surface area (Å²) in [6, 6.07) is 0. The fourth-order valence-corrected chi connectivity index (χ4v) is 0.440. The minimum absolute atomic E-state index is 0. The third-order valence-electron chi connectivity index (χ3n) is 0.744. The van der Waals surface area contributed by atoms with Crippen molar-refractivity contribution in [1.82, 2.24) is 0 Å². The van der Waals surface area contributed by atoms with Gasteiger partial charge in [-0.1, -0.05) is 0 Å². The maximum atomic E-state index is 7.43. The second kappa shape index (κ2) is 11.8. The first-order valence-electron chi connectivity index (χ1n) is 2.38. The third kappa shape index (κ3) is 10.9. The van der Waals surface area contributed by atoms with Crippen LogP contribution in [-0.2, 0) is 9.47 Å². The van der Waals surface area contributed by atoms with Crippen LogP contribution in [0.2, 0.25) is 0 Å². The molecule has 1 fully saturated rings. The van der Waals surface area contributed by atoms with Gasteiger partial charge in [0.2, 0.25) is 0 Å². The summed E-state index contributed by atoms with van der Waals surface area (Å²) in [6.45, 7) is 3.11. The number of nitrogens with zero attached hydrogens (tertiary/aromatic N) is 1. The van der Waals surface area contributed by atoms with Crippen molar-refractivity contribution in [3.8, 4) is 5.97 Å². The van der Waals surface area contributed by atoms with E-state index in [9.17, 15) is 0 Å². The molecule has 0 aromatic rings. The van der Waals surface area contributed by atoms with Gasteiger partial charge < -0.3 is 9.47 Å². The van der Waals surface area contributed by atoms with Crippen molar-refractivity contribution in [3.05, 3.63) is 0 Å². The van der Waals surface area contributed by atoms with E-state index in [1.54, 1.807) is 0 Å². The Morgan fingerprint density at radius 1 is 1.10 bits per heavy atom. The van der Waals surface area contributed by atoms with Crippen LogP contribution in [0.1, 0.15) is 0 Å². The zero-order chi connectivity index (χ0) is 6.95. The average molecular weight is 135 g/mol. The van der Waals surface area contributed by atoms with Crippen molar-refractivity contribution >= 4 is 7.85 Å². The van der Waals surface area contributed by atoms with E-state index in [0.717, 1.165) is 26.4 Å². The molecule has 1 aliphatic heterocycles. The van der Waals surface area contributed by atoms with Gasteiger partial charge in [-0.05, 0) is 0 Å². The van der Waals surface area contributed by atoms with Crippen LogP contribution in [0, 0.1) is 11.2 Å². The second-order valence-electron chi connectivity index (χ2n) is 1.22. The molecule has 0 aromatic carbocycles. The minimum Gasteiger partial charge on any atom is -0.377 e. The van der Waals surface area contributed by atoms with Crippen LogP contribution in [0.5, 0.6) is 0 Å². The van der Waals surface area contributed by atoms with Crippen LogP contribution in [0.4, 0.5) is 0 Å². The van der Waals surface area contributed by atoms with Crippen LogP contribution in [-0.4, -0.2) is 34.3 Å². The summed E-state index contributed by atoms with van der Waals surface area (Å²) in [7, 11) is 0.0694. The zero-order valence-electron chi connectivity index (χ0n) is 5.59. The van der Waals surface area contributed by atoms with Crippen molar-refractivity contribution < 1.29 is 28.3 Å². The number of hydrogen-bond donors (Lipinski definition) is 0. The molecule has 52 valence electrons. The first-order valence-corrected chi connectivity index (χ1v) is 2.38. The van der Waals surface area contributed by atoms with E-state index in [1.165, 1.54) is 0 Å². The normalized spacial score (nSPS) is 15.2. The summed E-state index contributed by atoms with van der Waals surface area (Å²) in [5.41, 5.74) is 0. The van der Waals surface area contributed by atoms with Crippen LogP contribution in [0.15, 0.2) is 0 Å². The molecule has 0 aromatic heterocycles. The SMILES string of the molecule is C1COCCO1.[BH3-]C#N.[Li+]. The molecular formula is C5H11BLiNO2. The average Bonchev–Trinajstić information content (AvgIpc) is 1.93. The van der Waals surface area contributed by atoms with E-state index >= 15 is 0 Å². The number of hydrogen-bond acceptors (Lipinski definition) is 3. The topological polar surface area (TPSA) is 42.2 Å². The first kappa shape index (κ1) is 12.7. The Kier molecular flexibility index (Phi) is 15.0. The van der Waals surface area contributed by atoms with Crippen molar-refractivity contribution in [2.24, 2.45) is 0 Å². The maximum Gasteiger partial charge on any atom is 1.00 e. The summed E-state index contributed by atoms with van der Waals surface area (Å²) < 4.78 is 9.89. The predicted molar refractivity (Wildman–Crippen MR) is 37.2 cm³/mol. The summed E-state index contributed by atoms with van der Waals surface area (Å²) >= 11 is 0. The molecule has 0 radical (unpaired) electrons.